The van der Waals surface area contributed by atoms with Gasteiger partial charge in [-0.1, -0.05) is 56.3 Å². The van der Waals surface area contributed by atoms with Gasteiger partial charge in [-0.05, 0) is 23.3 Å². The van der Waals surface area contributed by atoms with Crippen LogP contribution in [-0.2, 0) is 4.79 Å². The van der Waals surface area contributed by atoms with Crippen LogP contribution in [0.4, 0.5) is 0 Å². The molecule has 0 atom stereocenters. The Balaban J connectivity index is 0. The van der Waals surface area contributed by atoms with Crippen LogP contribution in [0.25, 0.3) is 11.1 Å². The van der Waals surface area contributed by atoms with E-state index in [1.807, 2.05) is 76.6 Å². The fraction of sp³-hybridized carbons (Fsp3) is 0.263. The van der Waals surface area contributed by atoms with Crippen molar-refractivity contribution in [1.82, 2.24) is 0 Å². The van der Waals surface area contributed by atoms with Crippen LogP contribution in [0.15, 0.2) is 54.6 Å². The van der Waals surface area contributed by atoms with Gasteiger partial charge in [0.15, 0.2) is 0 Å². The maximum absolute atomic E-state index is 10.7. The molecule has 0 aliphatic carbocycles. The molecule has 114 valence electrons. The van der Waals surface area contributed by atoms with Crippen molar-refractivity contribution in [1.29, 1.82) is 0 Å². The van der Waals surface area contributed by atoms with Crippen LogP contribution >= 0.6 is 0 Å². The minimum atomic E-state index is -0.299. The summed E-state index contributed by atoms with van der Waals surface area (Å²) in [7, 11) is 0. The Bertz CT molecular complexity index is 493. The van der Waals surface area contributed by atoms with Gasteiger partial charge in [-0.25, -0.2) is 0 Å². The molecule has 0 heterocycles. The molecular formula is C19H25KO2. The largest absolute Gasteiger partial charge is 1.00 e. The molecule has 0 N–H and O–H groups in total. The molecule has 0 saturated carbocycles. The topological polar surface area (TPSA) is 26.3 Å². The Morgan fingerprint density at radius 3 is 1.68 bits per heavy atom. The van der Waals surface area contributed by atoms with Gasteiger partial charge in [0.05, 0.1) is 0 Å². The first-order valence-electron chi connectivity index (χ1n) is 7.25. The first-order chi connectivity index (χ1) is 10.2. The second-order valence-electron chi connectivity index (χ2n) is 4.06. The van der Waals surface area contributed by atoms with Gasteiger partial charge in [-0.2, -0.15) is 13.8 Å². The second kappa shape index (κ2) is 15.4. The number of carbonyl (C=O) groups excluding carboxylic acids is 1. The van der Waals surface area contributed by atoms with Gasteiger partial charge in [0.2, 0.25) is 0 Å². The first-order valence-corrected chi connectivity index (χ1v) is 7.25. The number of rotatable bonds is 2. The normalized spacial score (nSPS) is 8.23. The van der Waals surface area contributed by atoms with Crippen molar-refractivity contribution in [2.24, 2.45) is 0 Å². The quantitative estimate of drug-likeness (QED) is 0.367. The van der Waals surface area contributed by atoms with Crippen molar-refractivity contribution < 1.29 is 60.9 Å². The molecule has 0 unspecified atom stereocenters. The van der Waals surface area contributed by atoms with Crippen molar-refractivity contribution in [2.75, 3.05) is 0 Å². The molecule has 0 aliphatic heterocycles. The summed E-state index contributed by atoms with van der Waals surface area (Å²) < 4.78 is 4.97. The Hall–Kier alpha value is -0.454. The third kappa shape index (κ3) is 10.3. The number of ether oxygens (including phenoxy) is 1. The molecular weight excluding hydrogens is 299 g/mol. The molecule has 22 heavy (non-hydrogen) atoms. The van der Waals surface area contributed by atoms with Crippen molar-refractivity contribution in [3.8, 4) is 16.9 Å². The Labute approximate surface area is 177 Å². The number of benzene rings is 2. The molecule has 0 bridgehead atoms. The van der Waals surface area contributed by atoms with Crippen LogP contribution in [0.3, 0.4) is 0 Å². The monoisotopic (exact) mass is 324 g/mol. The molecule has 2 rings (SSSR count). The van der Waals surface area contributed by atoms with Gasteiger partial charge < -0.3 is 11.2 Å². The smallest absolute Gasteiger partial charge is 0.427 e. The van der Waals surface area contributed by atoms with E-state index in [-0.39, 0.29) is 57.4 Å². The van der Waals surface area contributed by atoms with Gasteiger partial charge in [-0.15, -0.1) is 0 Å². The van der Waals surface area contributed by atoms with Crippen LogP contribution < -0.4 is 56.1 Å². The number of carbonyl (C=O) groups is 1. The van der Waals surface area contributed by atoms with E-state index in [0.717, 1.165) is 11.1 Å². The fourth-order valence-corrected chi connectivity index (χ4v) is 1.51. The Kier molecular flexibility index (Phi) is 16.7. The fourth-order valence-electron chi connectivity index (χ4n) is 1.51. The summed E-state index contributed by atoms with van der Waals surface area (Å²) in [6.45, 7) is 9.39. The SMILES string of the molecule is CC.CC(=O)Oc1ccc(-c2ccccc2)cc1.C[CH-]C.[K+]. The van der Waals surface area contributed by atoms with E-state index in [1.54, 1.807) is 12.1 Å². The van der Waals surface area contributed by atoms with Crippen molar-refractivity contribution >= 4 is 5.97 Å². The zero-order chi connectivity index (χ0) is 16.1. The molecule has 2 nitrogen and oxygen atoms in total. The van der Waals surface area contributed by atoms with E-state index in [1.165, 1.54) is 6.92 Å². The summed E-state index contributed by atoms with van der Waals surface area (Å²) in [6, 6.07) is 17.5. The molecule has 0 aliphatic rings. The summed E-state index contributed by atoms with van der Waals surface area (Å²) in [6.07, 6.45) is 2.00. The van der Waals surface area contributed by atoms with E-state index in [9.17, 15) is 4.79 Å². The van der Waals surface area contributed by atoms with E-state index in [2.05, 4.69) is 0 Å². The molecule has 2 aromatic rings. The van der Waals surface area contributed by atoms with Gasteiger partial charge >= 0.3 is 57.4 Å². The van der Waals surface area contributed by atoms with Crippen LogP contribution in [0.2, 0.25) is 0 Å². The molecule has 0 amide bonds. The Morgan fingerprint density at radius 1 is 0.864 bits per heavy atom. The van der Waals surface area contributed by atoms with Gasteiger partial charge in [0.25, 0.3) is 0 Å². The van der Waals surface area contributed by atoms with Gasteiger partial charge in [0, 0.05) is 6.92 Å². The van der Waals surface area contributed by atoms with Crippen LogP contribution in [0, 0.1) is 6.42 Å². The zero-order valence-corrected chi connectivity index (χ0v) is 17.7. The summed E-state index contributed by atoms with van der Waals surface area (Å²) in [5.74, 6) is 0.277. The third-order valence-electron chi connectivity index (χ3n) is 2.22. The first kappa shape index (κ1) is 23.8. The summed E-state index contributed by atoms with van der Waals surface area (Å²) in [5, 5.41) is 0. The van der Waals surface area contributed by atoms with E-state index < -0.39 is 0 Å². The van der Waals surface area contributed by atoms with Crippen molar-refractivity contribution in [2.45, 2.75) is 34.6 Å². The Morgan fingerprint density at radius 2 is 1.27 bits per heavy atom. The number of esters is 1. The summed E-state index contributed by atoms with van der Waals surface area (Å²) >= 11 is 0. The molecule has 0 saturated heterocycles. The summed E-state index contributed by atoms with van der Waals surface area (Å²) in [5.41, 5.74) is 2.26. The molecule has 0 radical (unpaired) electrons. The zero-order valence-electron chi connectivity index (χ0n) is 14.6. The average Bonchev–Trinajstić information content (AvgIpc) is 2.51. The molecule has 2 aromatic carbocycles. The predicted molar refractivity (Wildman–Crippen MR) is 90.2 cm³/mol. The third-order valence-corrected chi connectivity index (χ3v) is 2.22. The van der Waals surface area contributed by atoms with Crippen LogP contribution in [-0.4, -0.2) is 5.97 Å². The summed E-state index contributed by atoms with van der Waals surface area (Å²) in [4.78, 5) is 10.7. The number of hydrogen-bond acceptors (Lipinski definition) is 2. The van der Waals surface area contributed by atoms with E-state index in [0.29, 0.717) is 5.75 Å². The predicted octanol–water partition coefficient (Wildman–Crippen LogP) is 2.54. The standard InChI is InChI=1S/C14H12O2.C3H7.C2H6.K/c1-11(15)16-14-9-7-13(8-10-14)12-5-3-2-4-6-12;1-3-2;1-2;/h2-10H,1H3;3H,1-2H3;1-2H3;/q;-1;;+1. The van der Waals surface area contributed by atoms with E-state index in [4.69, 9.17) is 4.74 Å². The van der Waals surface area contributed by atoms with Crippen molar-refractivity contribution in [3.63, 3.8) is 0 Å². The van der Waals surface area contributed by atoms with Crippen LogP contribution in [0.5, 0.6) is 5.75 Å². The number of hydrogen-bond donors (Lipinski definition) is 0. The van der Waals surface area contributed by atoms with E-state index >= 15 is 0 Å². The van der Waals surface area contributed by atoms with Gasteiger partial charge in [-0.3, -0.25) is 4.79 Å². The molecule has 3 heteroatoms. The molecule has 0 spiro atoms. The van der Waals surface area contributed by atoms with Gasteiger partial charge in [0.1, 0.15) is 5.75 Å². The molecule has 0 aromatic heterocycles. The van der Waals surface area contributed by atoms with Crippen LogP contribution in [0.1, 0.15) is 34.6 Å². The minimum absolute atomic E-state index is 0. The second-order valence-corrected chi connectivity index (χ2v) is 4.06. The minimum Gasteiger partial charge on any atom is -0.427 e. The van der Waals surface area contributed by atoms with Crippen molar-refractivity contribution in [3.05, 3.63) is 61.0 Å². The average molecular weight is 325 g/mol. The maximum Gasteiger partial charge on any atom is 1.00 e. The maximum atomic E-state index is 10.7. The molecule has 0 fully saturated rings.